The minimum atomic E-state index is -0.0437. The summed E-state index contributed by atoms with van der Waals surface area (Å²) in [7, 11) is 0. The van der Waals surface area contributed by atoms with E-state index >= 15 is 0 Å². The lowest BCUT2D eigenvalue weighted by molar-refractivity contribution is 0.495. The topological polar surface area (TPSA) is 26.0 Å². The fourth-order valence-corrected chi connectivity index (χ4v) is 1.95. The minimum absolute atomic E-state index is 0.0437. The largest absolute Gasteiger partial charge is 0.402 e. The second-order valence-electron chi connectivity index (χ2n) is 5.01. The molecule has 1 rings (SSSR count). The number of allylic oxidation sites excluding steroid dienone is 2. The van der Waals surface area contributed by atoms with Crippen LogP contribution in [0.3, 0.4) is 0 Å². The van der Waals surface area contributed by atoms with Gasteiger partial charge in [0.2, 0.25) is 0 Å². The van der Waals surface area contributed by atoms with E-state index in [2.05, 4.69) is 46.1 Å². The first kappa shape index (κ1) is 12.6. The van der Waals surface area contributed by atoms with E-state index < -0.39 is 0 Å². The van der Waals surface area contributed by atoms with Crippen molar-refractivity contribution >= 4 is 5.57 Å². The summed E-state index contributed by atoms with van der Waals surface area (Å²) in [6.07, 6.45) is 0.764. The van der Waals surface area contributed by atoms with Crippen LogP contribution in [0, 0.1) is 12.3 Å². The van der Waals surface area contributed by atoms with Crippen molar-refractivity contribution in [2.45, 2.75) is 27.2 Å². The standard InChI is InChI=1S/C15H21N/c1-11-8-6-7-9-14(11)13(3)15(4,5)10-12(2)16/h6-9H,2-3,10,16H2,1,4-5H3. The van der Waals surface area contributed by atoms with Gasteiger partial charge in [-0.1, -0.05) is 51.3 Å². The van der Waals surface area contributed by atoms with Gasteiger partial charge in [0.1, 0.15) is 0 Å². The van der Waals surface area contributed by atoms with E-state index in [1.165, 1.54) is 11.1 Å². The van der Waals surface area contributed by atoms with Crippen LogP contribution >= 0.6 is 0 Å². The van der Waals surface area contributed by atoms with Crippen molar-refractivity contribution < 1.29 is 0 Å². The zero-order chi connectivity index (χ0) is 12.3. The summed E-state index contributed by atoms with van der Waals surface area (Å²) in [6.45, 7) is 14.4. The van der Waals surface area contributed by atoms with Crippen LogP contribution in [0.1, 0.15) is 31.4 Å². The first-order chi connectivity index (χ1) is 7.34. The smallest absolute Gasteiger partial charge is 0.00162 e. The highest BCUT2D eigenvalue weighted by Gasteiger charge is 2.23. The maximum absolute atomic E-state index is 5.70. The molecule has 0 aliphatic rings. The maximum Gasteiger partial charge on any atom is 0.00162 e. The van der Waals surface area contributed by atoms with Gasteiger partial charge in [-0.15, -0.1) is 0 Å². The van der Waals surface area contributed by atoms with Crippen LogP contribution in [0.4, 0.5) is 0 Å². The SMILES string of the molecule is C=C(N)CC(C)(C)C(=C)c1ccccc1C. The van der Waals surface area contributed by atoms with Crippen molar-refractivity contribution in [2.24, 2.45) is 11.1 Å². The van der Waals surface area contributed by atoms with E-state index in [-0.39, 0.29) is 5.41 Å². The number of rotatable bonds is 4. The summed E-state index contributed by atoms with van der Waals surface area (Å²) in [5.74, 6) is 0. The molecule has 0 aromatic heterocycles. The van der Waals surface area contributed by atoms with Gasteiger partial charge < -0.3 is 5.73 Å². The highest BCUT2D eigenvalue weighted by Crippen LogP contribution is 2.38. The maximum atomic E-state index is 5.70. The van der Waals surface area contributed by atoms with Gasteiger partial charge in [0, 0.05) is 5.70 Å². The molecule has 0 heterocycles. The molecular weight excluding hydrogens is 194 g/mol. The Morgan fingerprint density at radius 1 is 1.25 bits per heavy atom. The molecule has 1 nitrogen and oxygen atoms in total. The van der Waals surface area contributed by atoms with E-state index in [4.69, 9.17) is 5.73 Å². The Labute approximate surface area is 98.7 Å². The summed E-state index contributed by atoms with van der Waals surface area (Å²) in [4.78, 5) is 0. The fourth-order valence-electron chi connectivity index (χ4n) is 1.95. The molecule has 0 spiro atoms. The van der Waals surface area contributed by atoms with Gasteiger partial charge in [-0.25, -0.2) is 0 Å². The molecular formula is C15H21N. The summed E-state index contributed by atoms with van der Waals surface area (Å²) in [5.41, 5.74) is 9.95. The van der Waals surface area contributed by atoms with Crippen LogP contribution in [0.15, 0.2) is 43.1 Å². The molecule has 0 fully saturated rings. The number of hydrogen-bond donors (Lipinski definition) is 1. The lowest BCUT2D eigenvalue weighted by Gasteiger charge is -2.28. The zero-order valence-electron chi connectivity index (χ0n) is 10.5. The predicted molar refractivity (Wildman–Crippen MR) is 71.9 cm³/mol. The average molecular weight is 215 g/mol. The van der Waals surface area contributed by atoms with E-state index in [1.54, 1.807) is 0 Å². The number of aryl methyl sites for hydroxylation is 1. The van der Waals surface area contributed by atoms with Crippen LogP contribution in [0.2, 0.25) is 0 Å². The quantitative estimate of drug-likeness (QED) is 0.810. The first-order valence-corrected chi connectivity index (χ1v) is 5.53. The second-order valence-corrected chi connectivity index (χ2v) is 5.01. The molecule has 0 aliphatic carbocycles. The Bertz CT molecular complexity index is 413. The first-order valence-electron chi connectivity index (χ1n) is 5.53. The highest BCUT2D eigenvalue weighted by atomic mass is 14.6. The van der Waals surface area contributed by atoms with Crippen molar-refractivity contribution in [3.05, 3.63) is 54.2 Å². The van der Waals surface area contributed by atoms with Crippen LogP contribution in [-0.2, 0) is 0 Å². The Kier molecular flexibility index (Phi) is 3.58. The number of benzene rings is 1. The Hall–Kier alpha value is -1.50. The van der Waals surface area contributed by atoms with Crippen LogP contribution < -0.4 is 5.73 Å². The van der Waals surface area contributed by atoms with Gasteiger partial charge in [0.05, 0.1) is 0 Å². The minimum Gasteiger partial charge on any atom is -0.402 e. The fraction of sp³-hybridized carbons (Fsp3) is 0.333. The molecule has 1 aromatic rings. The molecule has 0 saturated carbocycles. The van der Waals surface area contributed by atoms with E-state index in [0.29, 0.717) is 5.70 Å². The predicted octanol–water partition coefficient (Wildman–Crippen LogP) is 3.90. The molecule has 1 aromatic carbocycles. The molecule has 0 radical (unpaired) electrons. The molecule has 0 saturated heterocycles. The average Bonchev–Trinajstić information content (AvgIpc) is 2.15. The van der Waals surface area contributed by atoms with E-state index in [0.717, 1.165) is 12.0 Å². The van der Waals surface area contributed by atoms with Gasteiger partial charge >= 0.3 is 0 Å². The van der Waals surface area contributed by atoms with Crippen LogP contribution in [0.25, 0.3) is 5.57 Å². The molecule has 0 amide bonds. The third-order valence-electron chi connectivity index (χ3n) is 2.96. The molecule has 0 bridgehead atoms. The summed E-state index contributed by atoms with van der Waals surface area (Å²) in [5, 5.41) is 0. The van der Waals surface area contributed by atoms with E-state index in [1.807, 2.05) is 12.1 Å². The lowest BCUT2D eigenvalue weighted by atomic mass is 9.77. The highest BCUT2D eigenvalue weighted by molar-refractivity contribution is 5.70. The lowest BCUT2D eigenvalue weighted by Crippen LogP contribution is -2.17. The van der Waals surface area contributed by atoms with Crippen molar-refractivity contribution in [3.8, 4) is 0 Å². The van der Waals surface area contributed by atoms with Gasteiger partial charge in [-0.3, -0.25) is 0 Å². The molecule has 1 heteroatoms. The molecule has 0 unspecified atom stereocenters. The number of hydrogen-bond acceptors (Lipinski definition) is 1. The van der Waals surface area contributed by atoms with Crippen LogP contribution in [0.5, 0.6) is 0 Å². The molecule has 16 heavy (non-hydrogen) atoms. The number of nitrogens with two attached hydrogens (primary N) is 1. The Balaban J connectivity index is 3.02. The molecule has 0 aliphatic heterocycles. The summed E-state index contributed by atoms with van der Waals surface area (Å²) < 4.78 is 0. The molecule has 86 valence electrons. The van der Waals surface area contributed by atoms with Gasteiger partial charge in [-0.2, -0.15) is 0 Å². The Morgan fingerprint density at radius 2 is 1.81 bits per heavy atom. The van der Waals surface area contributed by atoms with Crippen molar-refractivity contribution in [1.29, 1.82) is 0 Å². The monoisotopic (exact) mass is 215 g/mol. The summed E-state index contributed by atoms with van der Waals surface area (Å²) >= 11 is 0. The Morgan fingerprint density at radius 3 is 2.31 bits per heavy atom. The zero-order valence-corrected chi connectivity index (χ0v) is 10.5. The second kappa shape index (κ2) is 4.56. The van der Waals surface area contributed by atoms with Crippen molar-refractivity contribution in [1.82, 2.24) is 0 Å². The van der Waals surface area contributed by atoms with Gasteiger partial charge in [0.25, 0.3) is 0 Å². The van der Waals surface area contributed by atoms with Gasteiger partial charge in [-0.05, 0) is 35.5 Å². The molecule has 2 N–H and O–H groups in total. The van der Waals surface area contributed by atoms with Crippen molar-refractivity contribution in [3.63, 3.8) is 0 Å². The normalized spacial score (nSPS) is 11.2. The van der Waals surface area contributed by atoms with E-state index in [9.17, 15) is 0 Å². The third kappa shape index (κ3) is 2.75. The van der Waals surface area contributed by atoms with Crippen molar-refractivity contribution in [2.75, 3.05) is 0 Å². The summed E-state index contributed by atoms with van der Waals surface area (Å²) in [6, 6.07) is 8.30. The van der Waals surface area contributed by atoms with Gasteiger partial charge in [0.15, 0.2) is 0 Å². The third-order valence-corrected chi connectivity index (χ3v) is 2.96. The molecule has 0 atom stereocenters. The van der Waals surface area contributed by atoms with Crippen LogP contribution in [-0.4, -0.2) is 0 Å².